The molecule has 3 aromatic rings. The number of aromatic nitrogens is 3. The Balaban J connectivity index is 1.68. The maximum atomic E-state index is 14.1. The van der Waals surface area contributed by atoms with Crippen LogP contribution in [0.5, 0.6) is 0 Å². The van der Waals surface area contributed by atoms with Gasteiger partial charge in [-0.05, 0) is 57.9 Å². The highest BCUT2D eigenvalue weighted by Crippen LogP contribution is 2.39. The van der Waals surface area contributed by atoms with Crippen LogP contribution in [-0.2, 0) is 23.1 Å². The predicted molar refractivity (Wildman–Crippen MR) is 179 cm³/mol. The molecule has 1 aromatic carbocycles. The fraction of sp³-hybridized carbons (Fsp3) is 0.406. The second-order valence-electron chi connectivity index (χ2n) is 11.2. The number of para-hydroxylation sites is 1. The van der Waals surface area contributed by atoms with E-state index < -0.39 is 5.91 Å². The van der Waals surface area contributed by atoms with Crippen LogP contribution >= 0.6 is 24.0 Å². The number of carbonyl (C=O) groups excluding carboxylic acids is 1. The molecular weight excluding hydrogens is 597 g/mol. The molecule has 2 aromatic heterocycles. The molecule has 230 valence electrons. The summed E-state index contributed by atoms with van der Waals surface area (Å²) < 4.78 is 11.1. The smallest absolute Gasteiger partial charge is 0.296 e. The van der Waals surface area contributed by atoms with Crippen LogP contribution in [-0.4, -0.2) is 49.5 Å². The van der Waals surface area contributed by atoms with E-state index in [1.165, 1.54) is 9.58 Å². The summed E-state index contributed by atoms with van der Waals surface area (Å²) in [4.78, 5) is 45.2. The Hall–Kier alpha value is -3.92. The van der Waals surface area contributed by atoms with Crippen LogP contribution < -0.4 is 20.9 Å². The molecule has 0 radical (unpaired) electrons. The van der Waals surface area contributed by atoms with Crippen LogP contribution in [0.25, 0.3) is 11.8 Å². The molecule has 0 saturated carbocycles. The van der Waals surface area contributed by atoms with Crippen molar-refractivity contribution in [2.75, 3.05) is 22.9 Å². The number of hydrogen-bond acceptors (Lipinski definition) is 8. The normalized spacial score (nSPS) is 19.7. The van der Waals surface area contributed by atoms with E-state index in [-0.39, 0.29) is 38.9 Å². The number of nitriles is 1. The summed E-state index contributed by atoms with van der Waals surface area (Å²) in [5.41, 5.74) is 1.91. The second kappa shape index (κ2) is 12.6. The first kappa shape index (κ1) is 31.5. The highest BCUT2D eigenvalue weighted by atomic mass is 32.2. The van der Waals surface area contributed by atoms with E-state index in [9.17, 15) is 19.6 Å². The SMILES string of the molecule is CCCCn1c(N2CC(C)OC(C)C2)c(/C=C2\SC(=S)N(c3c(C)n(C)n(-c4ccccc4)c3=O)C2=O)c(C)c(C#N)c1=O. The van der Waals surface area contributed by atoms with E-state index in [2.05, 4.69) is 11.0 Å². The number of nitrogens with zero attached hydrogens (tertiary/aromatic N) is 6. The molecule has 2 unspecified atom stereocenters. The first-order valence-electron chi connectivity index (χ1n) is 14.7. The lowest BCUT2D eigenvalue weighted by molar-refractivity contribution is -0.113. The van der Waals surface area contributed by atoms with Gasteiger partial charge in [-0.2, -0.15) is 5.26 Å². The zero-order valence-corrected chi connectivity index (χ0v) is 27.4. The van der Waals surface area contributed by atoms with Gasteiger partial charge in [-0.1, -0.05) is 55.5 Å². The number of thioether (sulfide) groups is 1. The number of pyridine rings is 1. The van der Waals surface area contributed by atoms with Crippen molar-refractivity contribution in [1.82, 2.24) is 13.9 Å². The van der Waals surface area contributed by atoms with Gasteiger partial charge in [-0.15, -0.1) is 0 Å². The largest absolute Gasteiger partial charge is 0.372 e. The maximum absolute atomic E-state index is 14.1. The first-order valence-corrected chi connectivity index (χ1v) is 15.9. The number of benzene rings is 1. The number of carbonyl (C=O) groups is 1. The van der Waals surface area contributed by atoms with Gasteiger partial charge in [0.2, 0.25) is 0 Å². The molecular formula is C32H36N6O4S2. The fourth-order valence-corrected chi connectivity index (χ4v) is 7.22. The van der Waals surface area contributed by atoms with Crippen LogP contribution in [0.15, 0.2) is 44.8 Å². The van der Waals surface area contributed by atoms with Gasteiger partial charge in [0.05, 0.1) is 28.5 Å². The summed E-state index contributed by atoms with van der Waals surface area (Å²) in [6, 6.07) is 11.3. The number of thiocarbonyl (C=S) groups is 1. The van der Waals surface area contributed by atoms with Gasteiger partial charge < -0.3 is 9.64 Å². The van der Waals surface area contributed by atoms with Crippen LogP contribution in [0.1, 0.15) is 56.0 Å². The van der Waals surface area contributed by atoms with Gasteiger partial charge in [0, 0.05) is 32.2 Å². The Labute approximate surface area is 266 Å². The number of anilines is 2. The molecule has 2 fully saturated rings. The minimum Gasteiger partial charge on any atom is -0.372 e. The average Bonchev–Trinajstić information content (AvgIpc) is 3.37. The molecule has 2 aliphatic rings. The summed E-state index contributed by atoms with van der Waals surface area (Å²) in [5.74, 6) is 0.236. The van der Waals surface area contributed by atoms with E-state index in [0.717, 1.165) is 24.6 Å². The monoisotopic (exact) mass is 632 g/mol. The van der Waals surface area contributed by atoms with Crippen LogP contribution in [0.3, 0.4) is 0 Å². The average molecular weight is 633 g/mol. The van der Waals surface area contributed by atoms with Gasteiger partial charge in [-0.3, -0.25) is 28.5 Å². The van der Waals surface area contributed by atoms with Gasteiger partial charge in [-0.25, -0.2) is 4.68 Å². The number of morpholine rings is 1. The van der Waals surface area contributed by atoms with Gasteiger partial charge in [0.1, 0.15) is 23.1 Å². The maximum Gasteiger partial charge on any atom is 0.296 e. The molecule has 12 heteroatoms. The van der Waals surface area contributed by atoms with E-state index >= 15 is 0 Å². The van der Waals surface area contributed by atoms with Crippen molar-refractivity contribution in [3.05, 3.63) is 78.3 Å². The predicted octanol–water partition coefficient (Wildman–Crippen LogP) is 4.65. The van der Waals surface area contributed by atoms with Gasteiger partial charge in [0.15, 0.2) is 4.32 Å². The number of unbranched alkanes of at least 4 members (excludes halogenated alkanes) is 1. The molecule has 2 aliphatic heterocycles. The summed E-state index contributed by atoms with van der Waals surface area (Å²) in [7, 11) is 1.77. The molecule has 0 bridgehead atoms. The van der Waals surface area contributed by atoms with Crippen LogP contribution in [0.4, 0.5) is 11.5 Å². The third-order valence-corrected chi connectivity index (χ3v) is 9.42. The molecule has 0 aliphatic carbocycles. The van der Waals surface area contributed by atoms with Crippen LogP contribution in [0.2, 0.25) is 0 Å². The topological polar surface area (TPSA) is 106 Å². The fourth-order valence-electron chi connectivity index (χ4n) is 5.96. The summed E-state index contributed by atoms with van der Waals surface area (Å²) in [5, 5.41) is 10.0. The van der Waals surface area contributed by atoms with Crippen molar-refractivity contribution >= 4 is 51.8 Å². The Morgan fingerprint density at radius 1 is 1.09 bits per heavy atom. The Kier molecular flexibility index (Phi) is 9.02. The summed E-state index contributed by atoms with van der Waals surface area (Å²) in [6.07, 6.45) is 3.18. The second-order valence-corrected chi connectivity index (χ2v) is 12.9. The first-order chi connectivity index (χ1) is 21.0. The Morgan fingerprint density at radius 2 is 1.75 bits per heavy atom. The standard InChI is InChI=1S/C32H36N6O4S2/c1-7-8-14-36-28(35-17-19(2)42-20(3)18-35)24(21(4)25(16-33)29(36)39)15-26-30(40)37(32(43)44-26)27-22(5)34(6)38(31(27)41)23-12-10-9-11-13-23/h9-13,15,19-20H,7-8,14,17-18H2,1-6H3/b26-15-. The summed E-state index contributed by atoms with van der Waals surface area (Å²) in [6.45, 7) is 11.1. The Bertz CT molecular complexity index is 1820. The quantitative estimate of drug-likeness (QED) is 0.274. The van der Waals surface area contributed by atoms with Crippen molar-refractivity contribution in [1.29, 1.82) is 5.26 Å². The lowest BCUT2D eigenvalue weighted by Crippen LogP contribution is -2.48. The number of hydrogen-bond donors (Lipinski definition) is 0. The summed E-state index contributed by atoms with van der Waals surface area (Å²) >= 11 is 6.80. The highest BCUT2D eigenvalue weighted by molar-refractivity contribution is 8.27. The Morgan fingerprint density at radius 3 is 2.36 bits per heavy atom. The van der Waals surface area contributed by atoms with E-state index in [4.69, 9.17) is 17.0 Å². The molecule has 0 N–H and O–H groups in total. The molecule has 10 nitrogen and oxygen atoms in total. The lowest BCUT2D eigenvalue weighted by Gasteiger charge is -2.39. The molecule has 2 saturated heterocycles. The lowest BCUT2D eigenvalue weighted by atomic mass is 10.0. The molecule has 2 atom stereocenters. The van der Waals surface area contributed by atoms with Crippen molar-refractivity contribution in [3.63, 3.8) is 0 Å². The molecule has 1 amide bonds. The number of ether oxygens (including phenoxy) is 1. The van der Waals surface area contributed by atoms with Gasteiger partial charge in [0.25, 0.3) is 17.0 Å². The molecule has 4 heterocycles. The third-order valence-electron chi connectivity index (χ3n) is 8.12. The third kappa shape index (κ3) is 5.44. The highest BCUT2D eigenvalue weighted by Gasteiger charge is 2.38. The van der Waals surface area contributed by atoms with E-state index in [0.29, 0.717) is 52.9 Å². The number of rotatable bonds is 7. The molecule has 0 spiro atoms. The molecule has 5 rings (SSSR count). The zero-order chi connectivity index (χ0) is 31.9. The minimum absolute atomic E-state index is 0.0468. The van der Waals surface area contributed by atoms with Crippen molar-refractivity contribution in [2.45, 2.75) is 66.2 Å². The van der Waals surface area contributed by atoms with E-state index in [1.54, 1.807) is 36.2 Å². The van der Waals surface area contributed by atoms with Gasteiger partial charge >= 0.3 is 0 Å². The van der Waals surface area contributed by atoms with Crippen LogP contribution in [0, 0.1) is 25.2 Å². The van der Waals surface area contributed by atoms with E-state index in [1.807, 2.05) is 51.1 Å². The van der Waals surface area contributed by atoms with Crippen molar-refractivity contribution in [3.8, 4) is 11.8 Å². The minimum atomic E-state index is -0.426. The van der Waals surface area contributed by atoms with Crippen molar-refractivity contribution < 1.29 is 9.53 Å². The number of amides is 1. The zero-order valence-electron chi connectivity index (χ0n) is 25.8. The molecule has 44 heavy (non-hydrogen) atoms. The van der Waals surface area contributed by atoms with Crippen molar-refractivity contribution in [2.24, 2.45) is 7.05 Å².